The fourth-order valence-corrected chi connectivity index (χ4v) is 4.80. The smallest absolute Gasteiger partial charge is 0.332 e. The maximum Gasteiger partial charge on any atom is 0.332 e. The number of nitrogens with one attached hydrogen (secondary N) is 1. The lowest BCUT2D eigenvalue weighted by Crippen LogP contribution is -2.39. The number of imidazole rings is 1. The predicted octanol–water partition coefficient (Wildman–Crippen LogP) is -0.176. The second kappa shape index (κ2) is 7.15. The van der Waals surface area contributed by atoms with E-state index in [0.717, 1.165) is 28.0 Å². The molecule has 4 heterocycles. The van der Waals surface area contributed by atoms with Crippen LogP contribution in [0.2, 0.25) is 0 Å². The number of carbonyl (C=O) groups excluding carboxylic acids is 2. The van der Waals surface area contributed by atoms with Gasteiger partial charge in [0.2, 0.25) is 11.8 Å². The molecule has 2 aliphatic rings. The number of carbonyl (C=O) groups is 2. The van der Waals surface area contributed by atoms with Crippen LogP contribution in [0.1, 0.15) is 23.4 Å². The maximum atomic E-state index is 13.0. The minimum atomic E-state index is -0.483. The summed E-state index contributed by atoms with van der Waals surface area (Å²) in [4.78, 5) is 60.9. The van der Waals surface area contributed by atoms with E-state index in [-0.39, 0.29) is 35.4 Å². The largest absolute Gasteiger partial charge is 0.336 e. The summed E-state index contributed by atoms with van der Waals surface area (Å²) >= 11 is 1.40. The van der Waals surface area contributed by atoms with E-state index >= 15 is 0 Å². The van der Waals surface area contributed by atoms with Gasteiger partial charge in [0.05, 0.1) is 18.6 Å². The Bertz CT molecular complexity index is 1340. The van der Waals surface area contributed by atoms with E-state index in [9.17, 15) is 19.2 Å². The molecule has 3 aromatic rings. The zero-order valence-corrected chi connectivity index (χ0v) is 17.9. The molecular weight excluding hydrogens is 422 g/mol. The molecule has 5 rings (SSSR count). The molecule has 12 heteroatoms. The Balaban J connectivity index is 1.34. The molecule has 1 saturated carbocycles. The molecule has 1 aliphatic heterocycles. The first-order valence-corrected chi connectivity index (χ1v) is 10.8. The molecule has 1 fully saturated rings. The number of nitrogens with zero attached hydrogens (tertiary/aromatic N) is 6. The van der Waals surface area contributed by atoms with Gasteiger partial charge in [0.1, 0.15) is 6.54 Å². The quantitative estimate of drug-likeness (QED) is 0.597. The number of aromatic nitrogens is 5. The van der Waals surface area contributed by atoms with Crippen LogP contribution in [0.15, 0.2) is 15.9 Å². The Morgan fingerprint density at radius 2 is 2.00 bits per heavy atom. The first-order valence-electron chi connectivity index (χ1n) is 10.0. The standard InChI is InChI=1S/C19H21N7O4S/c1-23-15-14(17(29)24(2)19(23)30)26(9-20-15)8-13(27)25-6-5-11-12(7-25)31-18(21-11)22-16(28)10-3-4-10/h9-10H,3-8H2,1-2H3,(H,21,22,28). The minimum Gasteiger partial charge on any atom is -0.336 e. The van der Waals surface area contributed by atoms with Crippen molar-refractivity contribution in [2.24, 2.45) is 20.0 Å². The molecule has 0 saturated heterocycles. The molecule has 31 heavy (non-hydrogen) atoms. The highest BCUT2D eigenvalue weighted by Gasteiger charge is 2.31. The average molecular weight is 443 g/mol. The molecule has 0 unspecified atom stereocenters. The summed E-state index contributed by atoms with van der Waals surface area (Å²) in [5.41, 5.74) is 0.436. The van der Waals surface area contributed by atoms with Gasteiger partial charge in [0.25, 0.3) is 5.56 Å². The molecular formula is C19H21N7O4S. The fraction of sp³-hybridized carbons (Fsp3) is 0.474. The Hall–Kier alpha value is -3.28. The van der Waals surface area contributed by atoms with Crippen molar-refractivity contribution in [3.05, 3.63) is 37.7 Å². The maximum absolute atomic E-state index is 13.0. The highest BCUT2D eigenvalue weighted by molar-refractivity contribution is 7.15. The zero-order chi connectivity index (χ0) is 21.9. The van der Waals surface area contributed by atoms with Gasteiger partial charge in [-0.15, -0.1) is 0 Å². The van der Waals surface area contributed by atoms with Crippen molar-refractivity contribution in [2.45, 2.75) is 32.4 Å². The molecule has 1 aliphatic carbocycles. The Kier molecular flexibility index (Phi) is 4.54. The minimum absolute atomic E-state index is 0.0157. The highest BCUT2D eigenvalue weighted by Crippen LogP contribution is 2.33. The lowest BCUT2D eigenvalue weighted by Gasteiger charge is -2.26. The van der Waals surface area contributed by atoms with E-state index in [1.165, 1.54) is 33.8 Å². The summed E-state index contributed by atoms with van der Waals surface area (Å²) < 4.78 is 3.79. The van der Waals surface area contributed by atoms with Gasteiger partial charge in [-0.2, -0.15) is 0 Å². The third-order valence-corrected chi connectivity index (χ3v) is 6.78. The molecule has 0 spiro atoms. The number of anilines is 1. The number of hydrogen-bond donors (Lipinski definition) is 1. The number of rotatable bonds is 4. The van der Waals surface area contributed by atoms with Crippen molar-refractivity contribution in [2.75, 3.05) is 11.9 Å². The van der Waals surface area contributed by atoms with Crippen LogP contribution in [-0.4, -0.2) is 46.9 Å². The van der Waals surface area contributed by atoms with Crippen molar-refractivity contribution in [1.82, 2.24) is 28.6 Å². The number of hydrogen-bond acceptors (Lipinski definition) is 7. The monoisotopic (exact) mass is 443 g/mol. The van der Waals surface area contributed by atoms with E-state index in [1.807, 2.05) is 0 Å². The van der Waals surface area contributed by atoms with Crippen LogP contribution in [0.25, 0.3) is 11.2 Å². The Morgan fingerprint density at radius 3 is 2.74 bits per heavy atom. The van der Waals surface area contributed by atoms with Crippen LogP contribution < -0.4 is 16.6 Å². The molecule has 11 nitrogen and oxygen atoms in total. The van der Waals surface area contributed by atoms with E-state index in [0.29, 0.717) is 24.6 Å². The summed E-state index contributed by atoms with van der Waals surface area (Å²) in [6, 6.07) is 0. The van der Waals surface area contributed by atoms with Crippen molar-refractivity contribution < 1.29 is 9.59 Å². The van der Waals surface area contributed by atoms with Gasteiger partial charge >= 0.3 is 5.69 Å². The van der Waals surface area contributed by atoms with Crippen LogP contribution in [0.4, 0.5) is 5.13 Å². The molecule has 3 aromatic heterocycles. The third kappa shape index (κ3) is 3.36. The van der Waals surface area contributed by atoms with Gasteiger partial charge in [0.15, 0.2) is 16.3 Å². The van der Waals surface area contributed by atoms with Gasteiger partial charge < -0.3 is 14.8 Å². The summed E-state index contributed by atoms with van der Waals surface area (Å²) in [5, 5.41) is 3.46. The summed E-state index contributed by atoms with van der Waals surface area (Å²) in [6.07, 6.45) is 3.88. The van der Waals surface area contributed by atoms with Gasteiger partial charge in [-0.3, -0.25) is 23.5 Å². The molecule has 0 radical (unpaired) electrons. The van der Waals surface area contributed by atoms with Gasteiger partial charge in [-0.05, 0) is 12.8 Å². The summed E-state index contributed by atoms with van der Waals surface area (Å²) in [5.74, 6) is -0.0315. The summed E-state index contributed by atoms with van der Waals surface area (Å²) in [7, 11) is 2.94. The fourth-order valence-electron chi connectivity index (χ4n) is 3.78. The van der Waals surface area contributed by atoms with Crippen molar-refractivity contribution in [3.8, 4) is 0 Å². The lowest BCUT2D eigenvalue weighted by molar-refractivity contribution is -0.132. The molecule has 0 aromatic carbocycles. The number of fused-ring (bicyclic) bond motifs is 2. The topological polar surface area (TPSA) is 124 Å². The van der Waals surface area contributed by atoms with Crippen LogP contribution in [0.5, 0.6) is 0 Å². The second-order valence-electron chi connectivity index (χ2n) is 7.97. The molecule has 162 valence electrons. The molecule has 1 N–H and O–H groups in total. The van der Waals surface area contributed by atoms with Gasteiger partial charge in [-0.25, -0.2) is 14.8 Å². The van der Waals surface area contributed by atoms with Crippen molar-refractivity contribution in [1.29, 1.82) is 0 Å². The normalized spacial score (nSPS) is 15.9. The predicted molar refractivity (Wildman–Crippen MR) is 113 cm³/mol. The summed E-state index contributed by atoms with van der Waals surface area (Å²) in [6.45, 7) is 0.867. The number of aryl methyl sites for hydroxylation is 1. The third-order valence-electron chi connectivity index (χ3n) is 5.79. The number of amides is 2. The number of thiazole rings is 1. The van der Waals surface area contributed by atoms with Crippen LogP contribution in [-0.2, 0) is 43.2 Å². The molecule has 2 amide bonds. The van der Waals surface area contributed by atoms with Crippen molar-refractivity contribution >= 4 is 39.4 Å². The van der Waals surface area contributed by atoms with Crippen LogP contribution in [0.3, 0.4) is 0 Å². The first kappa shape index (κ1) is 19.7. The van der Waals surface area contributed by atoms with E-state index in [4.69, 9.17) is 0 Å². The van der Waals surface area contributed by atoms with E-state index in [1.54, 1.807) is 11.9 Å². The first-order chi connectivity index (χ1) is 14.8. The molecule has 0 bridgehead atoms. The zero-order valence-electron chi connectivity index (χ0n) is 17.1. The highest BCUT2D eigenvalue weighted by atomic mass is 32.1. The second-order valence-corrected chi connectivity index (χ2v) is 9.05. The van der Waals surface area contributed by atoms with Crippen molar-refractivity contribution in [3.63, 3.8) is 0 Å². The van der Waals surface area contributed by atoms with E-state index < -0.39 is 11.2 Å². The lowest BCUT2D eigenvalue weighted by atomic mass is 10.2. The van der Waals surface area contributed by atoms with Crippen LogP contribution >= 0.6 is 11.3 Å². The Morgan fingerprint density at radius 1 is 1.23 bits per heavy atom. The van der Waals surface area contributed by atoms with Gasteiger partial charge in [0, 0.05) is 37.9 Å². The average Bonchev–Trinajstić information content (AvgIpc) is 3.41. The van der Waals surface area contributed by atoms with Crippen LogP contribution in [0, 0.1) is 5.92 Å². The van der Waals surface area contributed by atoms with E-state index in [2.05, 4.69) is 15.3 Å². The SMILES string of the molecule is Cn1c(=O)c2c(ncn2CC(=O)N2CCc3nc(NC(=O)C4CC4)sc3C2)n(C)c1=O. The van der Waals surface area contributed by atoms with Gasteiger partial charge in [-0.1, -0.05) is 11.3 Å². The Labute approximate surface area is 179 Å². The molecule has 0 atom stereocenters.